The lowest BCUT2D eigenvalue weighted by molar-refractivity contribution is -0.116. The van der Waals surface area contributed by atoms with Crippen molar-refractivity contribution in [3.05, 3.63) is 51.9 Å². The first-order valence-electron chi connectivity index (χ1n) is 8.83. The Balaban J connectivity index is 1.99. The van der Waals surface area contributed by atoms with E-state index >= 15 is 0 Å². The Kier molecular flexibility index (Phi) is 7.77. The zero-order valence-corrected chi connectivity index (χ0v) is 18.1. The van der Waals surface area contributed by atoms with Crippen molar-refractivity contribution >= 4 is 45.2 Å². The maximum atomic E-state index is 12.5. The van der Waals surface area contributed by atoms with Gasteiger partial charge in [-0.05, 0) is 49.2 Å². The Morgan fingerprint density at radius 3 is 2.36 bits per heavy atom. The van der Waals surface area contributed by atoms with E-state index in [4.69, 9.17) is 11.6 Å². The van der Waals surface area contributed by atoms with Gasteiger partial charge in [0.1, 0.15) is 10.5 Å². The van der Waals surface area contributed by atoms with Crippen LogP contribution in [0.15, 0.2) is 40.6 Å². The third-order valence-electron chi connectivity index (χ3n) is 4.70. The van der Waals surface area contributed by atoms with Crippen molar-refractivity contribution < 1.29 is 18.0 Å². The Labute approximate surface area is 174 Å². The molecule has 0 fully saturated rings. The molecular formula is C19H23ClN2O4S2. The summed E-state index contributed by atoms with van der Waals surface area (Å²) in [7, 11) is -3.72. The Morgan fingerprint density at radius 2 is 1.79 bits per heavy atom. The average Bonchev–Trinajstić information content (AvgIpc) is 3.18. The number of benzene rings is 1. The highest BCUT2D eigenvalue weighted by Crippen LogP contribution is 2.25. The van der Waals surface area contributed by atoms with Gasteiger partial charge >= 0.3 is 0 Å². The van der Waals surface area contributed by atoms with E-state index < -0.39 is 15.4 Å². The van der Waals surface area contributed by atoms with Crippen molar-refractivity contribution in [3.63, 3.8) is 0 Å². The molecule has 1 amide bonds. The minimum Gasteiger partial charge on any atom is -0.347 e. The summed E-state index contributed by atoms with van der Waals surface area (Å²) in [6.45, 7) is 3.99. The lowest BCUT2D eigenvalue weighted by Crippen LogP contribution is -2.37. The normalized spacial score (nSPS) is 12.0. The van der Waals surface area contributed by atoms with Gasteiger partial charge in [-0.3, -0.25) is 4.79 Å². The van der Waals surface area contributed by atoms with E-state index in [1.165, 1.54) is 6.07 Å². The van der Waals surface area contributed by atoms with Crippen LogP contribution in [0.1, 0.15) is 41.9 Å². The molecule has 1 heterocycles. The first-order chi connectivity index (χ1) is 13.2. The summed E-state index contributed by atoms with van der Waals surface area (Å²) >= 11 is 6.88. The zero-order valence-electron chi connectivity index (χ0n) is 15.7. The Morgan fingerprint density at radius 1 is 1.14 bits per heavy atom. The van der Waals surface area contributed by atoms with E-state index in [-0.39, 0.29) is 23.2 Å². The van der Waals surface area contributed by atoms with Crippen LogP contribution < -0.4 is 10.0 Å². The quantitative estimate of drug-likeness (QED) is 0.549. The van der Waals surface area contributed by atoms with E-state index in [0.717, 1.165) is 17.6 Å². The average molecular weight is 443 g/mol. The standard InChI is InChI=1S/C19H23ClN2O4S2/c1-3-19(4-2,13-23)12-22-28(25,26)17-10-9-16(27-17)11-21-18(24)14-5-7-15(20)8-6-14/h5-10,13,22H,3-4,11-12H2,1-2H3,(H,21,24). The third kappa shape index (κ3) is 5.64. The molecule has 0 aliphatic carbocycles. The summed E-state index contributed by atoms with van der Waals surface area (Å²) in [6, 6.07) is 9.65. The summed E-state index contributed by atoms with van der Waals surface area (Å²) in [4.78, 5) is 24.2. The summed E-state index contributed by atoms with van der Waals surface area (Å²) < 4.78 is 27.7. The van der Waals surface area contributed by atoms with Gasteiger partial charge in [-0.15, -0.1) is 11.3 Å². The number of sulfonamides is 1. The predicted molar refractivity (Wildman–Crippen MR) is 111 cm³/mol. The van der Waals surface area contributed by atoms with Crippen LogP contribution in [0.25, 0.3) is 0 Å². The Hall–Kier alpha value is -1.74. The topological polar surface area (TPSA) is 92.3 Å². The smallest absolute Gasteiger partial charge is 0.251 e. The number of rotatable bonds is 10. The maximum absolute atomic E-state index is 12.5. The first kappa shape index (κ1) is 22.5. The third-order valence-corrected chi connectivity index (χ3v) is 7.93. The molecule has 28 heavy (non-hydrogen) atoms. The van der Waals surface area contributed by atoms with Gasteiger partial charge in [0.05, 0.1) is 6.54 Å². The van der Waals surface area contributed by atoms with Gasteiger partial charge in [0.15, 0.2) is 0 Å². The minimum atomic E-state index is -3.72. The molecule has 2 aromatic rings. The molecule has 0 atom stereocenters. The van der Waals surface area contributed by atoms with Crippen LogP contribution in [0.3, 0.4) is 0 Å². The van der Waals surface area contributed by atoms with Gasteiger partial charge in [-0.1, -0.05) is 25.4 Å². The van der Waals surface area contributed by atoms with Crippen LogP contribution in [-0.4, -0.2) is 27.2 Å². The second-order valence-corrected chi connectivity index (χ2v) is 10.0. The fourth-order valence-corrected chi connectivity index (χ4v) is 5.09. The molecule has 0 radical (unpaired) electrons. The highest BCUT2D eigenvalue weighted by Gasteiger charge is 2.28. The molecule has 0 aliphatic heterocycles. The van der Waals surface area contributed by atoms with Crippen LogP contribution in [0.2, 0.25) is 5.02 Å². The van der Waals surface area contributed by atoms with Crippen molar-refractivity contribution in [2.75, 3.05) is 6.54 Å². The lowest BCUT2D eigenvalue weighted by atomic mass is 9.84. The van der Waals surface area contributed by atoms with E-state index in [2.05, 4.69) is 10.0 Å². The van der Waals surface area contributed by atoms with Gasteiger partial charge < -0.3 is 10.1 Å². The molecule has 1 aromatic carbocycles. The largest absolute Gasteiger partial charge is 0.347 e. The fraction of sp³-hybridized carbons (Fsp3) is 0.368. The zero-order chi connectivity index (χ0) is 20.8. The highest BCUT2D eigenvalue weighted by atomic mass is 35.5. The van der Waals surface area contributed by atoms with Gasteiger partial charge in [0, 0.05) is 27.4 Å². The van der Waals surface area contributed by atoms with E-state index in [0.29, 0.717) is 28.3 Å². The molecule has 2 rings (SSSR count). The van der Waals surface area contributed by atoms with Crippen LogP contribution in [0.5, 0.6) is 0 Å². The fourth-order valence-electron chi connectivity index (χ4n) is 2.49. The van der Waals surface area contributed by atoms with E-state index in [1.807, 2.05) is 13.8 Å². The molecular weight excluding hydrogens is 420 g/mol. The summed E-state index contributed by atoms with van der Waals surface area (Å²) in [6.07, 6.45) is 1.94. The molecule has 0 aliphatic rings. The SMILES string of the molecule is CCC(C=O)(CC)CNS(=O)(=O)c1ccc(CNC(=O)c2ccc(Cl)cc2)s1. The van der Waals surface area contributed by atoms with E-state index in [1.54, 1.807) is 30.3 Å². The number of aldehydes is 1. The molecule has 9 heteroatoms. The van der Waals surface area contributed by atoms with Gasteiger partial charge in [0.25, 0.3) is 5.91 Å². The number of nitrogens with one attached hydrogen (secondary N) is 2. The number of hydrogen-bond acceptors (Lipinski definition) is 5. The molecule has 6 nitrogen and oxygen atoms in total. The lowest BCUT2D eigenvalue weighted by Gasteiger charge is -2.24. The van der Waals surface area contributed by atoms with Gasteiger partial charge in [0.2, 0.25) is 10.0 Å². The predicted octanol–water partition coefficient (Wildman–Crippen LogP) is 3.62. The van der Waals surface area contributed by atoms with Crippen molar-refractivity contribution in [2.45, 2.75) is 37.4 Å². The summed E-state index contributed by atoms with van der Waals surface area (Å²) in [5, 5.41) is 3.29. The molecule has 0 saturated carbocycles. The molecule has 2 N–H and O–H groups in total. The molecule has 0 spiro atoms. The van der Waals surface area contributed by atoms with Gasteiger partial charge in [-0.25, -0.2) is 13.1 Å². The number of amides is 1. The van der Waals surface area contributed by atoms with Crippen LogP contribution in [0.4, 0.5) is 0 Å². The minimum absolute atomic E-state index is 0.0619. The first-order valence-corrected chi connectivity index (χ1v) is 11.5. The maximum Gasteiger partial charge on any atom is 0.251 e. The number of carbonyl (C=O) groups is 2. The second-order valence-electron chi connectivity index (χ2n) is 6.42. The number of hydrogen-bond donors (Lipinski definition) is 2. The number of carbonyl (C=O) groups excluding carboxylic acids is 2. The molecule has 152 valence electrons. The number of halogens is 1. The monoisotopic (exact) mass is 442 g/mol. The van der Waals surface area contributed by atoms with Crippen molar-refractivity contribution in [2.24, 2.45) is 5.41 Å². The van der Waals surface area contributed by atoms with Crippen LogP contribution in [-0.2, 0) is 21.4 Å². The van der Waals surface area contributed by atoms with Crippen molar-refractivity contribution in [1.29, 1.82) is 0 Å². The Bertz CT molecular complexity index is 920. The number of thiophene rings is 1. The summed E-state index contributed by atoms with van der Waals surface area (Å²) in [5.41, 5.74) is -0.223. The van der Waals surface area contributed by atoms with E-state index in [9.17, 15) is 18.0 Å². The summed E-state index contributed by atoms with van der Waals surface area (Å²) in [5.74, 6) is -0.269. The molecule has 0 unspecified atom stereocenters. The molecule has 0 saturated heterocycles. The van der Waals surface area contributed by atoms with Crippen molar-refractivity contribution in [1.82, 2.24) is 10.0 Å². The van der Waals surface area contributed by atoms with Crippen LogP contribution >= 0.6 is 22.9 Å². The van der Waals surface area contributed by atoms with Crippen molar-refractivity contribution in [3.8, 4) is 0 Å². The molecule has 0 bridgehead atoms. The van der Waals surface area contributed by atoms with Gasteiger partial charge in [-0.2, -0.15) is 0 Å². The highest BCUT2D eigenvalue weighted by molar-refractivity contribution is 7.91. The second kappa shape index (κ2) is 9.65. The molecule has 1 aromatic heterocycles. The van der Waals surface area contributed by atoms with Crippen LogP contribution in [0, 0.1) is 5.41 Å².